The minimum absolute atomic E-state index is 0.219. The van der Waals surface area contributed by atoms with Crippen molar-refractivity contribution in [2.75, 3.05) is 39.3 Å². The summed E-state index contributed by atoms with van der Waals surface area (Å²) >= 11 is 0. The molecule has 28 heavy (non-hydrogen) atoms. The average molecular weight is 380 g/mol. The van der Waals surface area contributed by atoms with Crippen LogP contribution in [-0.2, 0) is 17.6 Å². The van der Waals surface area contributed by atoms with E-state index in [0.29, 0.717) is 18.0 Å². The van der Waals surface area contributed by atoms with Gasteiger partial charge in [0.1, 0.15) is 0 Å². The normalized spacial score (nSPS) is 27.4. The first-order chi connectivity index (χ1) is 13.8. The molecule has 1 aromatic carbocycles. The number of amides is 1. The molecule has 0 N–H and O–H groups in total. The number of benzene rings is 1. The third kappa shape index (κ3) is 3.65. The number of fused-ring (bicyclic) bond motifs is 1. The first kappa shape index (κ1) is 18.4. The average Bonchev–Trinajstić information content (AvgIpc) is 3.43. The highest BCUT2D eigenvalue weighted by atomic mass is 16.2. The lowest BCUT2D eigenvalue weighted by Gasteiger charge is -2.43. The number of carbonyl (C=O) groups excluding carboxylic acids is 1. The van der Waals surface area contributed by atoms with E-state index in [1.807, 2.05) is 4.90 Å². The molecule has 4 nitrogen and oxygen atoms in total. The number of rotatable bonds is 3. The van der Waals surface area contributed by atoms with Crippen LogP contribution in [0.25, 0.3) is 0 Å². The van der Waals surface area contributed by atoms with Crippen LogP contribution in [-0.4, -0.2) is 72.0 Å². The molecule has 0 unspecified atom stereocenters. The predicted octanol–water partition coefficient (Wildman–Crippen LogP) is 2.73. The molecule has 4 heteroatoms. The summed E-state index contributed by atoms with van der Waals surface area (Å²) in [6.07, 6.45) is 11.5. The van der Waals surface area contributed by atoms with Gasteiger partial charge in [-0.1, -0.05) is 36.4 Å². The van der Waals surface area contributed by atoms with Gasteiger partial charge in [0.05, 0.1) is 5.92 Å². The van der Waals surface area contributed by atoms with Crippen LogP contribution in [0.2, 0.25) is 0 Å². The Kier molecular flexibility index (Phi) is 5.25. The topological polar surface area (TPSA) is 26.8 Å². The van der Waals surface area contributed by atoms with E-state index < -0.39 is 0 Å². The van der Waals surface area contributed by atoms with Gasteiger partial charge < -0.3 is 4.90 Å². The van der Waals surface area contributed by atoms with Gasteiger partial charge in [-0.25, -0.2) is 0 Å². The second kappa shape index (κ2) is 8.00. The van der Waals surface area contributed by atoms with Crippen molar-refractivity contribution >= 4 is 5.91 Å². The second-order valence-corrected chi connectivity index (χ2v) is 9.15. The molecule has 3 aliphatic heterocycles. The van der Waals surface area contributed by atoms with Gasteiger partial charge in [0.2, 0.25) is 5.91 Å². The monoisotopic (exact) mass is 379 g/mol. The summed E-state index contributed by atoms with van der Waals surface area (Å²) in [4.78, 5) is 20.2. The maximum atomic E-state index is 12.8. The summed E-state index contributed by atoms with van der Waals surface area (Å²) in [6, 6.07) is 10.4. The third-order valence-corrected chi connectivity index (χ3v) is 7.49. The summed E-state index contributed by atoms with van der Waals surface area (Å²) in [5.74, 6) is 0.604. The van der Waals surface area contributed by atoms with E-state index in [1.54, 1.807) is 11.1 Å². The van der Waals surface area contributed by atoms with Gasteiger partial charge in [0.15, 0.2) is 0 Å². The molecule has 1 aliphatic carbocycles. The van der Waals surface area contributed by atoms with Gasteiger partial charge in [-0.3, -0.25) is 14.6 Å². The summed E-state index contributed by atoms with van der Waals surface area (Å²) in [5.41, 5.74) is 3.12. The Labute approximate surface area is 169 Å². The Balaban J connectivity index is 1.13. The van der Waals surface area contributed by atoms with Crippen LogP contribution in [0.3, 0.4) is 0 Å². The van der Waals surface area contributed by atoms with Gasteiger partial charge in [-0.15, -0.1) is 0 Å². The van der Waals surface area contributed by atoms with E-state index in [4.69, 9.17) is 0 Å². The van der Waals surface area contributed by atoms with Crippen molar-refractivity contribution in [3.8, 4) is 0 Å². The number of carbonyl (C=O) groups is 1. The molecular weight excluding hydrogens is 346 g/mol. The third-order valence-electron chi connectivity index (χ3n) is 7.49. The summed E-state index contributed by atoms with van der Waals surface area (Å²) in [7, 11) is 0. The molecule has 4 aliphatic rings. The van der Waals surface area contributed by atoms with Crippen LogP contribution < -0.4 is 0 Å². The van der Waals surface area contributed by atoms with Crippen molar-refractivity contribution in [3.05, 3.63) is 47.5 Å². The van der Waals surface area contributed by atoms with Crippen molar-refractivity contribution < 1.29 is 4.79 Å². The summed E-state index contributed by atoms with van der Waals surface area (Å²) < 4.78 is 0. The molecule has 1 amide bonds. The molecule has 0 spiro atoms. The lowest BCUT2D eigenvalue weighted by atomic mass is 9.92. The van der Waals surface area contributed by atoms with E-state index in [1.165, 1.54) is 51.7 Å². The molecule has 0 aromatic heterocycles. The Bertz CT molecular complexity index is 704. The van der Waals surface area contributed by atoms with Crippen molar-refractivity contribution in [3.63, 3.8) is 0 Å². The highest BCUT2D eigenvalue weighted by molar-refractivity contribution is 5.80. The van der Waals surface area contributed by atoms with E-state index >= 15 is 0 Å². The minimum Gasteiger partial charge on any atom is -0.335 e. The van der Waals surface area contributed by atoms with Crippen LogP contribution in [0.5, 0.6) is 0 Å². The fourth-order valence-corrected chi connectivity index (χ4v) is 5.87. The fraction of sp³-hybridized carbons (Fsp3) is 0.625. The maximum Gasteiger partial charge on any atom is 0.227 e. The Morgan fingerprint density at radius 3 is 2.18 bits per heavy atom. The lowest BCUT2D eigenvalue weighted by Crippen LogP contribution is -2.52. The molecule has 5 rings (SSSR count). The number of hydrogen-bond acceptors (Lipinski definition) is 3. The van der Waals surface area contributed by atoms with Gasteiger partial charge in [-0.2, -0.15) is 0 Å². The van der Waals surface area contributed by atoms with Crippen molar-refractivity contribution in [1.29, 1.82) is 0 Å². The number of hydrogen-bond donors (Lipinski definition) is 0. The van der Waals surface area contributed by atoms with Gasteiger partial charge in [-0.05, 0) is 69.3 Å². The molecular formula is C24H33N3O. The molecule has 0 bridgehead atoms. The standard InChI is InChI=1S/C24H33N3O/c28-24(26-11-3-4-12-26)21-8-5-13-27(18-21)22-9-14-25(15-10-22)23-16-19-6-1-2-7-20(19)17-23/h1-4,6-7,21-23H,5,8-18H2/t21-/m0/s1. The summed E-state index contributed by atoms with van der Waals surface area (Å²) in [5, 5.41) is 0. The van der Waals surface area contributed by atoms with E-state index in [2.05, 4.69) is 46.2 Å². The first-order valence-corrected chi connectivity index (χ1v) is 11.3. The molecule has 1 atom stereocenters. The molecule has 3 heterocycles. The Hall–Kier alpha value is -1.65. The molecule has 0 saturated carbocycles. The van der Waals surface area contributed by atoms with E-state index in [0.717, 1.165) is 26.1 Å². The fourth-order valence-electron chi connectivity index (χ4n) is 5.87. The van der Waals surface area contributed by atoms with Gasteiger partial charge >= 0.3 is 0 Å². The first-order valence-electron chi connectivity index (χ1n) is 11.3. The molecule has 2 saturated heterocycles. The van der Waals surface area contributed by atoms with Crippen LogP contribution in [0.1, 0.15) is 36.8 Å². The number of piperidine rings is 2. The lowest BCUT2D eigenvalue weighted by molar-refractivity contribution is -0.136. The van der Waals surface area contributed by atoms with Crippen LogP contribution >= 0.6 is 0 Å². The zero-order valence-electron chi connectivity index (χ0n) is 16.9. The van der Waals surface area contributed by atoms with E-state index in [-0.39, 0.29) is 5.92 Å². The van der Waals surface area contributed by atoms with Crippen molar-refractivity contribution in [1.82, 2.24) is 14.7 Å². The maximum absolute atomic E-state index is 12.8. The van der Waals surface area contributed by atoms with Gasteiger partial charge in [0.25, 0.3) is 0 Å². The minimum atomic E-state index is 0.219. The number of nitrogens with zero attached hydrogens (tertiary/aromatic N) is 3. The Morgan fingerprint density at radius 2 is 1.50 bits per heavy atom. The zero-order chi connectivity index (χ0) is 18.9. The zero-order valence-corrected chi connectivity index (χ0v) is 16.9. The molecule has 2 fully saturated rings. The molecule has 0 radical (unpaired) electrons. The Morgan fingerprint density at radius 1 is 0.821 bits per heavy atom. The quantitative estimate of drug-likeness (QED) is 0.756. The van der Waals surface area contributed by atoms with Crippen molar-refractivity contribution in [2.45, 2.75) is 50.6 Å². The van der Waals surface area contributed by atoms with E-state index in [9.17, 15) is 4.79 Å². The van der Waals surface area contributed by atoms with Gasteiger partial charge in [0, 0.05) is 31.7 Å². The van der Waals surface area contributed by atoms with Crippen molar-refractivity contribution in [2.24, 2.45) is 5.92 Å². The second-order valence-electron chi connectivity index (χ2n) is 9.15. The molecule has 1 aromatic rings. The largest absolute Gasteiger partial charge is 0.335 e. The molecule has 150 valence electrons. The summed E-state index contributed by atoms with van der Waals surface area (Å²) in [6.45, 7) is 6.23. The SMILES string of the molecule is O=C([C@H]1CCCN(C2CCN(C3Cc4ccccc4C3)CC2)C1)N1CC=CC1. The van der Waals surface area contributed by atoms with Crippen LogP contribution in [0.15, 0.2) is 36.4 Å². The van der Waals surface area contributed by atoms with Crippen LogP contribution in [0, 0.1) is 5.92 Å². The predicted molar refractivity (Wildman–Crippen MR) is 112 cm³/mol. The number of likely N-dealkylation sites (tertiary alicyclic amines) is 2. The highest BCUT2D eigenvalue weighted by Gasteiger charge is 2.35. The van der Waals surface area contributed by atoms with Crippen LogP contribution in [0.4, 0.5) is 0 Å². The highest BCUT2D eigenvalue weighted by Crippen LogP contribution is 2.30. The smallest absolute Gasteiger partial charge is 0.227 e.